The van der Waals surface area contributed by atoms with E-state index in [0.717, 1.165) is 5.92 Å². The van der Waals surface area contributed by atoms with Crippen LogP contribution < -0.4 is 0 Å². The molecule has 0 amide bonds. The third-order valence-corrected chi connectivity index (χ3v) is 0. The summed E-state index contributed by atoms with van der Waals surface area (Å²) in [5.74, 6) is 0.833. The van der Waals surface area contributed by atoms with E-state index in [2.05, 4.69) is 48.5 Å². The second kappa shape index (κ2) is 9.86. The van der Waals surface area contributed by atoms with Crippen LogP contribution in [0.3, 0.4) is 0 Å². The zero-order chi connectivity index (χ0) is 8.08. The Morgan fingerprint density at radius 2 is 0.727 bits per heavy atom. The van der Waals surface area contributed by atoms with Gasteiger partial charge in [-0.1, -0.05) is 48.5 Å². The van der Waals surface area contributed by atoms with Crippen LogP contribution in [0.1, 0.15) is 48.5 Å². The monoisotopic (exact) mass is 170 g/mol. The average Bonchev–Trinajstić information content (AvgIpc) is 1.19. The third kappa shape index (κ3) is 31100. The van der Waals surface area contributed by atoms with Crippen LogP contribution in [0.4, 0.5) is 9.41 Å². The summed E-state index contributed by atoms with van der Waals surface area (Å²) >= 11 is 0. The first kappa shape index (κ1) is 22.4. The van der Waals surface area contributed by atoms with E-state index < -0.39 is 0 Å². The van der Waals surface area contributed by atoms with Gasteiger partial charge in [-0.25, -0.2) is 0 Å². The Morgan fingerprint density at radius 1 is 0.727 bits per heavy atom. The van der Waals surface area contributed by atoms with Crippen LogP contribution in [0.25, 0.3) is 0 Å². The van der Waals surface area contributed by atoms with Gasteiger partial charge >= 0.3 is 0 Å². The molecule has 0 radical (unpaired) electrons. The van der Waals surface area contributed by atoms with Gasteiger partial charge in [0, 0.05) is 0 Å². The fourth-order valence-corrected chi connectivity index (χ4v) is 0. The highest BCUT2D eigenvalue weighted by Crippen LogP contribution is 2.07. The zero-order valence-corrected chi connectivity index (χ0v) is 8.89. The van der Waals surface area contributed by atoms with Gasteiger partial charge in [-0.15, -0.1) is 0 Å². The maximum atomic E-state index is 2.19. The molecule has 0 aliphatic heterocycles. The highest BCUT2D eigenvalue weighted by atomic mass is 19.0. The number of halogens is 2. The summed E-state index contributed by atoms with van der Waals surface area (Å²) in [6.45, 7) is 15.2. The van der Waals surface area contributed by atoms with Gasteiger partial charge < -0.3 is 0 Å². The Kier molecular flexibility index (Phi) is 20.1. The maximum Gasteiger partial charge on any atom is -0.0411 e. The molecule has 0 unspecified atom stereocenters. The van der Waals surface area contributed by atoms with Gasteiger partial charge in [0.25, 0.3) is 0 Å². The Bertz CT molecular complexity index is 44.3. The Labute approximate surface area is 70.1 Å². The van der Waals surface area contributed by atoms with Crippen LogP contribution in [0.5, 0.6) is 0 Å². The van der Waals surface area contributed by atoms with E-state index >= 15 is 0 Å². The van der Waals surface area contributed by atoms with Crippen molar-refractivity contribution in [3.05, 3.63) is 0 Å². The average molecular weight is 170 g/mol. The van der Waals surface area contributed by atoms with E-state index in [1.54, 1.807) is 0 Å². The smallest absolute Gasteiger partial charge is 0.0411 e. The van der Waals surface area contributed by atoms with Crippen LogP contribution in [0.15, 0.2) is 0 Å². The predicted octanol–water partition coefficient (Wildman–Crippen LogP) is 4.02. The minimum atomic E-state index is 0. The molecule has 0 aliphatic carbocycles. The van der Waals surface area contributed by atoms with Gasteiger partial charge in [0.15, 0.2) is 0 Å². The summed E-state index contributed by atoms with van der Waals surface area (Å²) in [6, 6.07) is 0. The molecule has 0 rings (SSSR count). The molecule has 0 nitrogen and oxygen atoms in total. The second-order valence-corrected chi connectivity index (χ2v) is 4.73. The summed E-state index contributed by atoms with van der Waals surface area (Å²) in [5, 5.41) is 0. The first-order valence-electron chi connectivity index (χ1n) is 3.73. The summed E-state index contributed by atoms with van der Waals surface area (Å²) < 4.78 is 0. The summed E-state index contributed by atoms with van der Waals surface area (Å²) in [5.41, 5.74) is 0.500. The zero-order valence-electron chi connectivity index (χ0n) is 8.89. The number of rotatable bonds is 0. The molecule has 0 bridgehead atoms. The minimum Gasteiger partial charge on any atom is -0.269 e. The highest BCUT2D eigenvalue weighted by molar-refractivity contribution is 4.47. The predicted molar refractivity (Wildman–Crippen MR) is 50.6 cm³/mol. The van der Waals surface area contributed by atoms with E-state index in [-0.39, 0.29) is 9.41 Å². The lowest BCUT2D eigenvalue weighted by Crippen LogP contribution is -1.93. The topological polar surface area (TPSA) is 0 Å². The van der Waals surface area contributed by atoms with Crippen molar-refractivity contribution < 1.29 is 9.41 Å². The van der Waals surface area contributed by atoms with E-state index in [1.165, 1.54) is 0 Å². The lowest BCUT2D eigenvalue weighted by atomic mass is 10.0. The molecule has 0 N–H and O–H groups in total. The van der Waals surface area contributed by atoms with Crippen LogP contribution in [0, 0.1) is 11.3 Å². The van der Waals surface area contributed by atoms with Crippen LogP contribution in [0.2, 0.25) is 0 Å². The van der Waals surface area contributed by atoms with Gasteiger partial charge in [-0.2, -0.15) is 0 Å². The second-order valence-electron chi connectivity index (χ2n) is 4.73. The van der Waals surface area contributed by atoms with Crippen molar-refractivity contribution in [1.82, 2.24) is 0 Å². The van der Waals surface area contributed by atoms with Crippen molar-refractivity contribution in [3.63, 3.8) is 0 Å². The van der Waals surface area contributed by atoms with Crippen molar-refractivity contribution in [2.75, 3.05) is 0 Å². The van der Waals surface area contributed by atoms with Gasteiger partial charge in [-0.05, 0) is 11.3 Å². The molecule has 74 valence electrons. The number of hydrogen-bond donors (Lipinski definition) is 0. The van der Waals surface area contributed by atoms with E-state index in [0.29, 0.717) is 5.41 Å². The third-order valence-electron chi connectivity index (χ3n) is 0. The normalized spacial score (nSPS) is 8.73. The molecule has 0 atom stereocenters. The largest absolute Gasteiger partial charge is 0.269 e. The fraction of sp³-hybridized carbons (Fsp3) is 1.00. The summed E-state index contributed by atoms with van der Waals surface area (Å²) in [4.78, 5) is 0. The maximum absolute atomic E-state index is 2.19. The molecule has 0 fully saturated rings. The van der Waals surface area contributed by atoms with Crippen molar-refractivity contribution >= 4 is 0 Å². The van der Waals surface area contributed by atoms with Crippen LogP contribution >= 0.6 is 0 Å². The molecular weight excluding hydrogens is 146 g/mol. The standard InChI is InChI=1S/C5H12.C4H10.2FH/c1-5(2,3)4;1-4(2)3;;/h1-4H3;4H,1-3H3;2*1H. The molecule has 0 aromatic rings. The summed E-state index contributed by atoms with van der Waals surface area (Å²) in [7, 11) is 0. The van der Waals surface area contributed by atoms with Crippen molar-refractivity contribution in [2.45, 2.75) is 48.5 Å². The van der Waals surface area contributed by atoms with Crippen molar-refractivity contribution in [3.8, 4) is 0 Å². The lowest BCUT2D eigenvalue weighted by molar-refractivity contribution is 0.469. The Hall–Kier alpha value is -0.140. The molecule has 11 heavy (non-hydrogen) atoms. The molecular formula is C9H24F2. The number of hydrogen-bond acceptors (Lipinski definition) is 0. The first-order chi connectivity index (χ1) is 3.73. The Morgan fingerprint density at radius 3 is 0.727 bits per heavy atom. The minimum absolute atomic E-state index is 0. The molecule has 0 aromatic heterocycles. The SMILES string of the molecule is CC(C)(C)C.CC(C)C.F.F. The van der Waals surface area contributed by atoms with Gasteiger partial charge in [-0.3, -0.25) is 9.41 Å². The van der Waals surface area contributed by atoms with Gasteiger partial charge in [0.05, 0.1) is 0 Å². The molecule has 0 aromatic carbocycles. The fourth-order valence-electron chi connectivity index (χ4n) is 0. The highest BCUT2D eigenvalue weighted by Gasteiger charge is 1.95. The molecule has 0 spiro atoms. The van der Waals surface area contributed by atoms with E-state index in [9.17, 15) is 0 Å². The first-order valence-corrected chi connectivity index (χ1v) is 3.73. The molecule has 0 saturated carbocycles. The van der Waals surface area contributed by atoms with E-state index in [1.807, 2.05) is 0 Å². The molecule has 0 heterocycles. The van der Waals surface area contributed by atoms with Crippen molar-refractivity contribution in [2.24, 2.45) is 11.3 Å². The summed E-state index contributed by atoms with van der Waals surface area (Å²) in [6.07, 6.45) is 0. The molecule has 0 aliphatic rings. The van der Waals surface area contributed by atoms with Gasteiger partial charge in [0.1, 0.15) is 0 Å². The van der Waals surface area contributed by atoms with Crippen LogP contribution in [-0.4, -0.2) is 0 Å². The van der Waals surface area contributed by atoms with Crippen molar-refractivity contribution in [1.29, 1.82) is 0 Å². The lowest BCUT2D eigenvalue weighted by Gasteiger charge is -2.05. The van der Waals surface area contributed by atoms with E-state index in [4.69, 9.17) is 0 Å². The quantitative estimate of drug-likeness (QED) is 0.515. The molecule has 2 heteroatoms. The molecule has 0 saturated heterocycles. The van der Waals surface area contributed by atoms with Gasteiger partial charge in [0.2, 0.25) is 0 Å². The Balaban J connectivity index is -0.0000000383. The van der Waals surface area contributed by atoms with Crippen LogP contribution in [-0.2, 0) is 0 Å².